The SMILES string of the molecule is CCc1ccc(CC)n1CC. The van der Waals surface area contributed by atoms with E-state index in [1.807, 2.05) is 0 Å². The molecule has 1 nitrogen and oxygen atoms in total. The summed E-state index contributed by atoms with van der Waals surface area (Å²) >= 11 is 0. The highest BCUT2D eigenvalue weighted by molar-refractivity contribution is 5.16. The smallest absolute Gasteiger partial charge is 0.0196 e. The highest BCUT2D eigenvalue weighted by Crippen LogP contribution is 2.10. The van der Waals surface area contributed by atoms with Gasteiger partial charge in [-0.05, 0) is 31.9 Å². The molecule has 0 bridgehead atoms. The Balaban J connectivity index is 2.99. The van der Waals surface area contributed by atoms with E-state index >= 15 is 0 Å². The van der Waals surface area contributed by atoms with Crippen molar-refractivity contribution in [1.82, 2.24) is 4.57 Å². The van der Waals surface area contributed by atoms with Gasteiger partial charge < -0.3 is 4.57 Å². The number of aromatic nitrogens is 1. The number of hydrogen-bond donors (Lipinski definition) is 0. The monoisotopic (exact) mass is 151 g/mol. The van der Waals surface area contributed by atoms with Gasteiger partial charge in [0.1, 0.15) is 0 Å². The van der Waals surface area contributed by atoms with Crippen molar-refractivity contribution in [3.05, 3.63) is 23.5 Å². The van der Waals surface area contributed by atoms with Gasteiger partial charge in [-0.2, -0.15) is 0 Å². The molecule has 1 heteroatoms. The van der Waals surface area contributed by atoms with Gasteiger partial charge >= 0.3 is 0 Å². The highest BCUT2D eigenvalue weighted by atomic mass is 15.0. The zero-order valence-electron chi connectivity index (χ0n) is 7.72. The Morgan fingerprint density at radius 1 is 1.00 bits per heavy atom. The summed E-state index contributed by atoms with van der Waals surface area (Å²) in [5, 5.41) is 0. The maximum atomic E-state index is 2.40. The molecule has 0 saturated heterocycles. The molecular formula is C10H17N. The van der Waals surface area contributed by atoms with Crippen molar-refractivity contribution in [3.8, 4) is 0 Å². The van der Waals surface area contributed by atoms with Gasteiger partial charge in [-0.25, -0.2) is 0 Å². The fraction of sp³-hybridized carbons (Fsp3) is 0.600. The molecule has 0 radical (unpaired) electrons. The van der Waals surface area contributed by atoms with Crippen LogP contribution in [0.25, 0.3) is 0 Å². The lowest BCUT2D eigenvalue weighted by Gasteiger charge is -2.07. The van der Waals surface area contributed by atoms with Crippen LogP contribution in [0, 0.1) is 0 Å². The molecule has 0 fully saturated rings. The second-order valence-electron chi connectivity index (χ2n) is 2.77. The molecule has 0 aromatic carbocycles. The first-order valence-electron chi connectivity index (χ1n) is 4.50. The predicted octanol–water partition coefficient (Wildman–Crippen LogP) is 2.63. The molecule has 1 rings (SSSR count). The number of aryl methyl sites for hydroxylation is 2. The number of hydrogen-bond acceptors (Lipinski definition) is 0. The standard InChI is InChI=1S/C10H17N/c1-4-9-7-8-10(5-2)11(9)6-3/h7-8H,4-6H2,1-3H3. The predicted molar refractivity (Wildman–Crippen MR) is 48.9 cm³/mol. The van der Waals surface area contributed by atoms with Gasteiger partial charge in [0.05, 0.1) is 0 Å². The van der Waals surface area contributed by atoms with E-state index in [9.17, 15) is 0 Å². The normalized spacial score (nSPS) is 10.5. The first-order valence-corrected chi connectivity index (χ1v) is 4.50. The molecule has 0 unspecified atom stereocenters. The van der Waals surface area contributed by atoms with Crippen LogP contribution in [0.4, 0.5) is 0 Å². The van der Waals surface area contributed by atoms with Crippen LogP contribution in [0.1, 0.15) is 32.2 Å². The van der Waals surface area contributed by atoms with Crippen molar-refractivity contribution in [2.24, 2.45) is 0 Å². The van der Waals surface area contributed by atoms with Crippen molar-refractivity contribution in [2.45, 2.75) is 40.2 Å². The third-order valence-electron chi connectivity index (χ3n) is 2.20. The third kappa shape index (κ3) is 1.47. The molecule has 0 aliphatic carbocycles. The maximum absolute atomic E-state index is 2.40. The van der Waals surface area contributed by atoms with Crippen LogP contribution in [0.5, 0.6) is 0 Å². The third-order valence-corrected chi connectivity index (χ3v) is 2.20. The van der Waals surface area contributed by atoms with Gasteiger partial charge in [0.15, 0.2) is 0 Å². The Bertz CT molecular complexity index is 201. The Hall–Kier alpha value is -0.720. The Kier molecular flexibility index (Phi) is 2.75. The van der Waals surface area contributed by atoms with Gasteiger partial charge in [-0.1, -0.05) is 13.8 Å². The van der Waals surface area contributed by atoms with Crippen LogP contribution >= 0.6 is 0 Å². The highest BCUT2D eigenvalue weighted by Gasteiger charge is 2.01. The van der Waals surface area contributed by atoms with Gasteiger partial charge in [-0.3, -0.25) is 0 Å². The largest absolute Gasteiger partial charge is 0.349 e. The average molecular weight is 151 g/mol. The van der Waals surface area contributed by atoms with Gasteiger partial charge in [-0.15, -0.1) is 0 Å². The van der Waals surface area contributed by atoms with Gasteiger partial charge in [0.25, 0.3) is 0 Å². The van der Waals surface area contributed by atoms with E-state index in [-0.39, 0.29) is 0 Å². The quantitative estimate of drug-likeness (QED) is 0.626. The minimum atomic E-state index is 1.11. The van der Waals surface area contributed by atoms with E-state index in [1.165, 1.54) is 11.4 Å². The maximum Gasteiger partial charge on any atom is 0.0196 e. The molecule has 11 heavy (non-hydrogen) atoms. The summed E-state index contributed by atoms with van der Waals surface area (Å²) in [4.78, 5) is 0. The van der Waals surface area contributed by atoms with Crippen LogP contribution in [-0.4, -0.2) is 4.57 Å². The molecule has 0 atom stereocenters. The molecular weight excluding hydrogens is 134 g/mol. The van der Waals surface area contributed by atoms with E-state index in [0.29, 0.717) is 0 Å². The molecule has 62 valence electrons. The van der Waals surface area contributed by atoms with E-state index in [2.05, 4.69) is 37.5 Å². The van der Waals surface area contributed by atoms with E-state index < -0.39 is 0 Å². The van der Waals surface area contributed by atoms with E-state index in [0.717, 1.165) is 19.4 Å². The summed E-state index contributed by atoms with van der Waals surface area (Å²) in [6.45, 7) is 7.74. The lowest BCUT2D eigenvalue weighted by atomic mass is 10.3. The summed E-state index contributed by atoms with van der Waals surface area (Å²) < 4.78 is 2.40. The summed E-state index contributed by atoms with van der Waals surface area (Å²) in [6, 6.07) is 4.48. The van der Waals surface area contributed by atoms with Crippen molar-refractivity contribution in [1.29, 1.82) is 0 Å². The van der Waals surface area contributed by atoms with Gasteiger partial charge in [0, 0.05) is 17.9 Å². The van der Waals surface area contributed by atoms with Crippen molar-refractivity contribution in [3.63, 3.8) is 0 Å². The van der Waals surface area contributed by atoms with Crippen LogP contribution < -0.4 is 0 Å². The fourth-order valence-electron chi connectivity index (χ4n) is 1.58. The van der Waals surface area contributed by atoms with Crippen molar-refractivity contribution >= 4 is 0 Å². The van der Waals surface area contributed by atoms with Crippen LogP contribution in [-0.2, 0) is 19.4 Å². The zero-order chi connectivity index (χ0) is 8.27. The van der Waals surface area contributed by atoms with E-state index in [1.54, 1.807) is 0 Å². The first-order chi connectivity index (χ1) is 5.33. The summed E-state index contributed by atoms with van der Waals surface area (Å²) in [7, 11) is 0. The van der Waals surface area contributed by atoms with Crippen LogP contribution in [0.2, 0.25) is 0 Å². The number of nitrogens with zero attached hydrogens (tertiary/aromatic N) is 1. The van der Waals surface area contributed by atoms with Crippen molar-refractivity contribution in [2.75, 3.05) is 0 Å². The Morgan fingerprint density at radius 2 is 1.45 bits per heavy atom. The average Bonchev–Trinajstić information content (AvgIpc) is 2.45. The second kappa shape index (κ2) is 3.61. The summed E-state index contributed by atoms with van der Waals surface area (Å²) in [6.07, 6.45) is 2.29. The minimum absolute atomic E-state index is 1.11. The first kappa shape index (κ1) is 8.38. The second-order valence-corrected chi connectivity index (χ2v) is 2.77. The minimum Gasteiger partial charge on any atom is -0.349 e. The van der Waals surface area contributed by atoms with Gasteiger partial charge in [0.2, 0.25) is 0 Å². The summed E-state index contributed by atoms with van der Waals surface area (Å²) in [5.41, 5.74) is 2.92. The lowest BCUT2D eigenvalue weighted by Crippen LogP contribution is -2.03. The lowest BCUT2D eigenvalue weighted by molar-refractivity contribution is 0.683. The Morgan fingerprint density at radius 3 is 1.73 bits per heavy atom. The molecule has 1 aromatic rings. The zero-order valence-corrected chi connectivity index (χ0v) is 7.72. The molecule has 0 N–H and O–H groups in total. The topological polar surface area (TPSA) is 4.93 Å². The van der Waals surface area contributed by atoms with Crippen molar-refractivity contribution < 1.29 is 0 Å². The molecule has 0 amide bonds. The van der Waals surface area contributed by atoms with Crippen LogP contribution in [0.3, 0.4) is 0 Å². The van der Waals surface area contributed by atoms with Crippen LogP contribution in [0.15, 0.2) is 12.1 Å². The Labute approximate surface area is 69.0 Å². The molecule has 0 spiro atoms. The molecule has 0 aliphatic heterocycles. The van der Waals surface area contributed by atoms with E-state index in [4.69, 9.17) is 0 Å². The number of rotatable bonds is 3. The molecule has 0 saturated carbocycles. The molecule has 1 aromatic heterocycles. The summed E-state index contributed by atoms with van der Waals surface area (Å²) in [5.74, 6) is 0. The molecule has 0 aliphatic rings. The fourth-order valence-corrected chi connectivity index (χ4v) is 1.58. The molecule has 1 heterocycles.